The number of hydrogen-bond donors (Lipinski definition) is 1. The predicted molar refractivity (Wildman–Crippen MR) is 70.0 cm³/mol. The van der Waals surface area contributed by atoms with Crippen LogP contribution in [-0.4, -0.2) is 15.2 Å². The first-order chi connectivity index (χ1) is 8.24. The number of hydrogen-bond acceptors (Lipinski definition) is 5. The molecular formula is C12H16N4S. The van der Waals surface area contributed by atoms with Gasteiger partial charge in [0, 0.05) is 25.4 Å². The lowest BCUT2D eigenvalue weighted by molar-refractivity contribution is 0.640. The molecule has 0 saturated heterocycles. The van der Waals surface area contributed by atoms with Gasteiger partial charge in [0.2, 0.25) is 5.13 Å². The first-order valence-electron chi connectivity index (χ1n) is 5.69. The maximum atomic E-state index is 4.16. The zero-order valence-electron chi connectivity index (χ0n) is 10.1. The Kier molecular flexibility index (Phi) is 4.03. The second-order valence-electron chi connectivity index (χ2n) is 4.31. The van der Waals surface area contributed by atoms with Crippen molar-refractivity contribution in [2.45, 2.75) is 26.8 Å². The third-order valence-electron chi connectivity index (χ3n) is 2.22. The van der Waals surface area contributed by atoms with Crippen LogP contribution in [0.5, 0.6) is 0 Å². The van der Waals surface area contributed by atoms with Crippen LogP contribution in [0.1, 0.15) is 24.4 Å². The van der Waals surface area contributed by atoms with E-state index in [1.54, 1.807) is 17.5 Å². The molecule has 0 bridgehead atoms. The molecule has 0 aliphatic rings. The van der Waals surface area contributed by atoms with Crippen LogP contribution in [0, 0.1) is 5.92 Å². The quantitative estimate of drug-likeness (QED) is 0.884. The molecule has 0 aliphatic heterocycles. The summed E-state index contributed by atoms with van der Waals surface area (Å²) in [4.78, 5) is 4.07. The van der Waals surface area contributed by atoms with Crippen LogP contribution < -0.4 is 5.32 Å². The lowest BCUT2D eigenvalue weighted by Gasteiger charge is -2.00. The van der Waals surface area contributed by atoms with Crippen molar-refractivity contribution in [2.24, 2.45) is 5.92 Å². The maximum absolute atomic E-state index is 4.16. The highest BCUT2D eigenvalue weighted by atomic mass is 32.1. The lowest BCUT2D eigenvalue weighted by atomic mass is 10.1. The van der Waals surface area contributed by atoms with Gasteiger partial charge in [-0.25, -0.2) is 0 Å². The van der Waals surface area contributed by atoms with E-state index in [4.69, 9.17) is 0 Å². The molecule has 0 unspecified atom stereocenters. The molecule has 0 radical (unpaired) electrons. The van der Waals surface area contributed by atoms with Crippen LogP contribution in [0.25, 0.3) is 0 Å². The summed E-state index contributed by atoms with van der Waals surface area (Å²) < 4.78 is 0. The Morgan fingerprint density at radius 1 is 1.35 bits per heavy atom. The van der Waals surface area contributed by atoms with E-state index in [1.807, 2.05) is 18.3 Å². The first-order valence-corrected chi connectivity index (χ1v) is 6.51. The Labute approximate surface area is 105 Å². The first kappa shape index (κ1) is 12.0. The van der Waals surface area contributed by atoms with Crippen molar-refractivity contribution in [1.82, 2.24) is 15.2 Å². The Morgan fingerprint density at radius 2 is 2.24 bits per heavy atom. The molecule has 17 heavy (non-hydrogen) atoms. The molecule has 0 aliphatic carbocycles. The van der Waals surface area contributed by atoms with Gasteiger partial charge in [-0.15, -0.1) is 10.2 Å². The van der Waals surface area contributed by atoms with Crippen molar-refractivity contribution >= 4 is 16.5 Å². The van der Waals surface area contributed by atoms with Crippen molar-refractivity contribution in [3.8, 4) is 0 Å². The number of nitrogens with zero attached hydrogens (tertiary/aromatic N) is 3. The Hall–Kier alpha value is -1.49. The third kappa shape index (κ3) is 3.78. The molecule has 2 aromatic heterocycles. The number of anilines is 1. The van der Waals surface area contributed by atoms with Gasteiger partial charge in [-0.3, -0.25) is 4.98 Å². The van der Waals surface area contributed by atoms with Gasteiger partial charge in [-0.2, -0.15) is 0 Å². The van der Waals surface area contributed by atoms with Gasteiger partial charge in [0.1, 0.15) is 5.01 Å². The molecule has 4 nitrogen and oxygen atoms in total. The molecule has 90 valence electrons. The van der Waals surface area contributed by atoms with Crippen LogP contribution in [0.15, 0.2) is 24.5 Å². The summed E-state index contributed by atoms with van der Waals surface area (Å²) in [6.45, 7) is 5.11. The second kappa shape index (κ2) is 5.72. The summed E-state index contributed by atoms with van der Waals surface area (Å²) in [5, 5.41) is 13.5. The second-order valence-corrected chi connectivity index (χ2v) is 5.38. The normalized spacial score (nSPS) is 10.8. The summed E-state index contributed by atoms with van der Waals surface area (Å²) in [5.74, 6) is 0.620. The van der Waals surface area contributed by atoms with E-state index in [1.165, 1.54) is 0 Å². The Morgan fingerprint density at radius 3 is 2.94 bits per heavy atom. The van der Waals surface area contributed by atoms with E-state index in [-0.39, 0.29) is 0 Å². The van der Waals surface area contributed by atoms with E-state index in [2.05, 4.69) is 34.3 Å². The van der Waals surface area contributed by atoms with Gasteiger partial charge < -0.3 is 5.32 Å². The van der Waals surface area contributed by atoms with E-state index in [9.17, 15) is 0 Å². The summed E-state index contributed by atoms with van der Waals surface area (Å²) >= 11 is 1.63. The van der Waals surface area contributed by atoms with Crippen LogP contribution in [0.4, 0.5) is 5.13 Å². The standard InChI is InChI=1S/C12H16N4S/c1-9(2)6-11-15-16-12(17-11)14-8-10-4-3-5-13-7-10/h3-5,7,9H,6,8H2,1-2H3,(H,14,16). The largest absolute Gasteiger partial charge is 0.356 e. The highest BCUT2D eigenvalue weighted by Gasteiger charge is 2.05. The number of pyridine rings is 1. The maximum Gasteiger partial charge on any atom is 0.205 e. The SMILES string of the molecule is CC(C)Cc1nnc(NCc2cccnc2)s1. The molecule has 1 N–H and O–H groups in total. The van der Waals surface area contributed by atoms with Crippen molar-refractivity contribution in [1.29, 1.82) is 0 Å². The van der Waals surface area contributed by atoms with Crippen LogP contribution in [-0.2, 0) is 13.0 Å². The van der Waals surface area contributed by atoms with Crippen LogP contribution in [0.3, 0.4) is 0 Å². The van der Waals surface area contributed by atoms with Crippen molar-refractivity contribution in [3.05, 3.63) is 35.1 Å². The number of rotatable bonds is 5. The lowest BCUT2D eigenvalue weighted by Crippen LogP contribution is -1.98. The minimum absolute atomic E-state index is 0.620. The Balaban J connectivity index is 1.89. The third-order valence-corrected chi connectivity index (χ3v) is 3.12. The average molecular weight is 248 g/mol. The molecule has 2 rings (SSSR count). The molecule has 0 spiro atoms. The van der Waals surface area contributed by atoms with E-state index < -0.39 is 0 Å². The molecule has 0 aromatic carbocycles. The highest BCUT2D eigenvalue weighted by molar-refractivity contribution is 7.15. The zero-order valence-corrected chi connectivity index (χ0v) is 10.9. The number of aromatic nitrogens is 3. The highest BCUT2D eigenvalue weighted by Crippen LogP contribution is 2.18. The zero-order chi connectivity index (χ0) is 12.1. The van der Waals surface area contributed by atoms with Crippen molar-refractivity contribution in [3.63, 3.8) is 0 Å². The molecule has 0 amide bonds. The summed E-state index contributed by atoms with van der Waals surface area (Å²) in [6.07, 6.45) is 4.62. The van der Waals surface area contributed by atoms with Crippen molar-refractivity contribution in [2.75, 3.05) is 5.32 Å². The molecule has 2 heterocycles. The Bertz CT molecular complexity index is 453. The van der Waals surface area contributed by atoms with Crippen molar-refractivity contribution < 1.29 is 0 Å². The van der Waals surface area contributed by atoms with E-state index in [0.717, 1.165) is 28.7 Å². The summed E-state index contributed by atoms with van der Waals surface area (Å²) in [6, 6.07) is 3.97. The van der Waals surface area contributed by atoms with E-state index >= 15 is 0 Å². The monoisotopic (exact) mass is 248 g/mol. The van der Waals surface area contributed by atoms with Crippen LogP contribution >= 0.6 is 11.3 Å². The smallest absolute Gasteiger partial charge is 0.205 e. The molecule has 0 saturated carbocycles. The van der Waals surface area contributed by atoms with Gasteiger partial charge in [0.25, 0.3) is 0 Å². The molecule has 2 aromatic rings. The van der Waals surface area contributed by atoms with Gasteiger partial charge >= 0.3 is 0 Å². The summed E-state index contributed by atoms with van der Waals surface area (Å²) in [7, 11) is 0. The average Bonchev–Trinajstić information content (AvgIpc) is 2.75. The van der Waals surface area contributed by atoms with Crippen LogP contribution in [0.2, 0.25) is 0 Å². The number of nitrogens with one attached hydrogen (secondary N) is 1. The predicted octanol–water partition coefficient (Wildman–Crippen LogP) is 2.74. The molecular weight excluding hydrogens is 232 g/mol. The minimum Gasteiger partial charge on any atom is -0.356 e. The minimum atomic E-state index is 0.620. The topological polar surface area (TPSA) is 50.7 Å². The summed E-state index contributed by atoms with van der Waals surface area (Å²) in [5.41, 5.74) is 1.15. The van der Waals surface area contributed by atoms with Gasteiger partial charge in [0.15, 0.2) is 0 Å². The van der Waals surface area contributed by atoms with Gasteiger partial charge in [0.05, 0.1) is 0 Å². The van der Waals surface area contributed by atoms with E-state index in [0.29, 0.717) is 5.92 Å². The molecule has 0 fully saturated rings. The fourth-order valence-corrected chi connectivity index (χ4v) is 2.38. The molecule has 5 heteroatoms. The molecule has 0 atom stereocenters. The van der Waals surface area contributed by atoms with Gasteiger partial charge in [-0.05, 0) is 17.5 Å². The van der Waals surface area contributed by atoms with Gasteiger partial charge in [-0.1, -0.05) is 31.3 Å². The fourth-order valence-electron chi connectivity index (χ4n) is 1.44. The fraction of sp³-hybridized carbons (Fsp3) is 0.417.